The second-order valence-corrected chi connectivity index (χ2v) is 10.7. The van der Waals surface area contributed by atoms with Gasteiger partial charge in [0.15, 0.2) is 0 Å². The zero-order valence-electron chi connectivity index (χ0n) is 20.7. The molecule has 2 fully saturated rings. The van der Waals surface area contributed by atoms with Crippen molar-refractivity contribution in [3.05, 3.63) is 12.2 Å². The van der Waals surface area contributed by atoms with Crippen LogP contribution in [0.1, 0.15) is 148 Å². The fourth-order valence-corrected chi connectivity index (χ4v) is 6.52. The van der Waals surface area contributed by atoms with Gasteiger partial charge in [0.2, 0.25) is 0 Å². The van der Waals surface area contributed by atoms with E-state index in [4.69, 9.17) is 0 Å². The van der Waals surface area contributed by atoms with Crippen LogP contribution in [0.15, 0.2) is 12.2 Å². The van der Waals surface area contributed by atoms with Crippen molar-refractivity contribution in [2.75, 3.05) is 0 Å². The molecule has 0 radical (unpaired) electrons. The van der Waals surface area contributed by atoms with Gasteiger partial charge in [-0.05, 0) is 56.8 Å². The molecule has 3 atom stereocenters. The lowest BCUT2D eigenvalue weighted by Crippen LogP contribution is -2.46. The predicted octanol–water partition coefficient (Wildman–Crippen LogP) is 9.48. The maximum Gasteiger partial charge on any atom is 0.309 e. The molecule has 0 aromatic carbocycles. The van der Waals surface area contributed by atoms with Crippen molar-refractivity contribution in [1.29, 1.82) is 0 Å². The molecule has 2 aliphatic carbocycles. The van der Waals surface area contributed by atoms with E-state index < -0.39 is 5.97 Å². The van der Waals surface area contributed by atoms with Crippen molar-refractivity contribution >= 4 is 5.97 Å². The molecule has 3 unspecified atom stereocenters. The second-order valence-electron chi connectivity index (χ2n) is 10.7. The van der Waals surface area contributed by atoms with E-state index in [-0.39, 0.29) is 5.41 Å². The first-order valence-corrected chi connectivity index (χ1v) is 14.1. The number of carbonyl (C=O) groups is 1. The first-order chi connectivity index (χ1) is 15.2. The molecule has 2 heteroatoms. The number of hydrogen-bond acceptors (Lipinski definition) is 1. The summed E-state index contributed by atoms with van der Waals surface area (Å²) in [6.45, 7) is 2.28. The predicted molar refractivity (Wildman–Crippen MR) is 133 cm³/mol. The normalized spacial score (nSPS) is 26.2. The Balaban J connectivity index is 1.49. The van der Waals surface area contributed by atoms with Crippen LogP contribution < -0.4 is 0 Å². The van der Waals surface area contributed by atoms with E-state index in [1.165, 1.54) is 116 Å². The summed E-state index contributed by atoms with van der Waals surface area (Å²) in [4.78, 5) is 12.3. The van der Waals surface area contributed by atoms with E-state index in [1.807, 2.05) is 0 Å². The Labute approximate surface area is 193 Å². The molecular weight excluding hydrogens is 380 g/mol. The van der Waals surface area contributed by atoms with E-state index in [1.54, 1.807) is 0 Å². The minimum absolute atomic E-state index is 0.385. The SMILES string of the molecule is CCCCCCCCC=CCCCCCCCCC1(C(=O)O)CCCC2CCCCC21. The molecule has 0 aromatic heterocycles. The number of aliphatic carboxylic acids is 1. The fraction of sp³-hybridized carbons (Fsp3) is 0.897. The van der Waals surface area contributed by atoms with Crippen molar-refractivity contribution < 1.29 is 9.90 Å². The molecule has 180 valence electrons. The largest absolute Gasteiger partial charge is 0.481 e. The summed E-state index contributed by atoms with van der Waals surface area (Å²) in [5.41, 5.74) is -0.385. The second kappa shape index (κ2) is 15.9. The summed E-state index contributed by atoms with van der Waals surface area (Å²) in [6, 6.07) is 0. The van der Waals surface area contributed by atoms with Crippen LogP contribution in [-0.4, -0.2) is 11.1 Å². The monoisotopic (exact) mass is 432 g/mol. The van der Waals surface area contributed by atoms with Crippen molar-refractivity contribution in [3.8, 4) is 0 Å². The molecule has 0 saturated heterocycles. The molecule has 2 aliphatic rings. The lowest BCUT2D eigenvalue weighted by Gasteiger charge is -2.48. The minimum Gasteiger partial charge on any atom is -0.481 e. The Hall–Kier alpha value is -0.790. The maximum atomic E-state index is 12.3. The summed E-state index contributed by atoms with van der Waals surface area (Å²) in [5.74, 6) is 0.695. The van der Waals surface area contributed by atoms with Gasteiger partial charge < -0.3 is 5.11 Å². The number of allylic oxidation sites excluding steroid dienone is 2. The third kappa shape index (κ3) is 9.30. The summed E-state index contributed by atoms with van der Waals surface area (Å²) >= 11 is 0. The van der Waals surface area contributed by atoms with Gasteiger partial charge in [0, 0.05) is 0 Å². The van der Waals surface area contributed by atoms with E-state index in [2.05, 4.69) is 19.1 Å². The Morgan fingerprint density at radius 1 is 0.774 bits per heavy atom. The maximum absolute atomic E-state index is 12.3. The molecular formula is C29H52O2. The standard InChI is InChI=1S/C29H52O2/c1-2-3-4-5-6-7-8-9-10-11-12-13-14-15-16-19-24-29(28(30)31)25-20-22-26-21-17-18-23-27(26)29/h9-10,26-27H,2-8,11-25H2,1H3,(H,30,31). The fourth-order valence-electron chi connectivity index (χ4n) is 6.52. The molecule has 2 nitrogen and oxygen atoms in total. The number of fused-ring (bicyclic) bond motifs is 1. The quantitative estimate of drug-likeness (QED) is 0.183. The van der Waals surface area contributed by atoms with Crippen molar-refractivity contribution in [2.24, 2.45) is 17.3 Å². The van der Waals surface area contributed by atoms with Crippen LogP contribution in [-0.2, 0) is 4.79 Å². The first-order valence-electron chi connectivity index (χ1n) is 14.1. The number of carboxylic acid groups (broad SMARTS) is 1. The molecule has 1 N–H and O–H groups in total. The third-order valence-corrected chi connectivity index (χ3v) is 8.38. The highest BCUT2D eigenvalue weighted by atomic mass is 16.4. The van der Waals surface area contributed by atoms with Crippen molar-refractivity contribution in [2.45, 2.75) is 148 Å². The Morgan fingerprint density at radius 3 is 1.97 bits per heavy atom. The molecule has 0 aliphatic heterocycles. The average molecular weight is 433 g/mol. The molecule has 0 heterocycles. The smallest absolute Gasteiger partial charge is 0.309 e. The van der Waals surface area contributed by atoms with Gasteiger partial charge in [-0.2, -0.15) is 0 Å². The molecule has 2 saturated carbocycles. The van der Waals surface area contributed by atoms with Crippen LogP contribution in [0.4, 0.5) is 0 Å². The minimum atomic E-state index is -0.475. The zero-order valence-corrected chi connectivity index (χ0v) is 20.7. The van der Waals surface area contributed by atoms with Crippen LogP contribution in [0.3, 0.4) is 0 Å². The van der Waals surface area contributed by atoms with Gasteiger partial charge in [-0.3, -0.25) is 4.79 Å². The highest BCUT2D eigenvalue weighted by molar-refractivity contribution is 5.75. The molecule has 2 rings (SSSR count). The summed E-state index contributed by atoms with van der Waals surface area (Å²) in [6.07, 6.45) is 32.5. The zero-order chi connectivity index (χ0) is 22.2. The average Bonchev–Trinajstić information content (AvgIpc) is 2.78. The number of hydrogen-bond donors (Lipinski definition) is 1. The van der Waals surface area contributed by atoms with Crippen LogP contribution in [0.5, 0.6) is 0 Å². The van der Waals surface area contributed by atoms with Gasteiger partial charge in [-0.15, -0.1) is 0 Å². The molecule has 0 spiro atoms. The Morgan fingerprint density at radius 2 is 1.32 bits per heavy atom. The molecule has 31 heavy (non-hydrogen) atoms. The number of rotatable bonds is 17. The first kappa shape index (κ1) is 26.5. The molecule has 0 aromatic rings. The van der Waals surface area contributed by atoms with Crippen LogP contribution >= 0.6 is 0 Å². The van der Waals surface area contributed by atoms with Crippen LogP contribution in [0, 0.1) is 17.3 Å². The highest BCUT2D eigenvalue weighted by Crippen LogP contribution is 2.53. The topological polar surface area (TPSA) is 37.3 Å². The van der Waals surface area contributed by atoms with Gasteiger partial charge in [0.25, 0.3) is 0 Å². The Kier molecular flexibility index (Phi) is 13.6. The third-order valence-electron chi connectivity index (χ3n) is 8.38. The summed E-state index contributed by atoms with van der Waals surface area (Å²) < 4.78 is 0. The van der Waals surface area contributed by atoms with Crippen molar-refractivity contribution in [3.63, 3.8) is 0 Å². The van der Waals surface area contributed by atoms with Gasteiger partial charge in [0.1, 0.15) is 0 Å². The summed E-state index contributed by atoms with van der Waals surface area (Å²) in [7, 11) is 0. The Bertz CT molecular complexity index is 495. The van der Waals surface area contributed by atoms with E-state index in [9.17, 15) is 9.90 Å². The van der Waals surface area contributed by atoms with Crippen LogP contribution in [0.25, 0.3) is 0 Å². The van der Waals surface area contributed by atoms with E-state index in [0.29, 0.717) is 11.8 Å². The van der Waals surface area contributed by atoms with E-state index >= 15 is 0 Å². The highest BCUT2D eigenvalue weighted by Gasteiger charge is 2.50. The van der Waals surface area contributed by atoms with Crippen LogP contribution in [0.2, 0.25) is 0 Å². The number of unbranched alkanes of at least 4 members (excludes halogenated alkanes) is 12. The van der Waals surface area contributed by atoms with Crippen molar-refractivity contribution in [1.82, 2.24) is 0 Å². The molecule has 0 amide bonds. The van der Waals surface area contributed by atoms with Gasteiger partial charge in [-0.25, -0.2) is 0 Å². The van der Waals surface area contributed by atoms with Gasteiger partial charge in [-0.1, -0.05) is 115 Å². The molecule has 0 bridgehead atoms. The summed E-state index contributed by atoms with van der Waals surface area (Å²) in [5, 5.41) is 10.1. The van der Waals surface area contributed by atoms with Gasteiger partial charge in [0.05, 0.1) is 5.41 Å². The lowest BCUT2D eigenvalue weighted by molar-refractivity contribution is -0.160. The number of carboxylic acids is 1. The van der Waals surface area contributed by atoms with E-state index in [0.717, 1.165) is 25.7 Å². The van der Waals surface area contributed by atoms with Gasteiger partial charge >= 0.3 is 5.97 Å². The lowest BCUT2D eigenvalue weighted by atomic mass is 9.55.